The fraction of sp³-hybridized carbons (Fsp3) is 0.154. The van der Waals surface area contributed by atoms with E-state index in [9.17, 15) is 0 Å². The highest BCUT2D eigenvalue weighted by Crippen LogP contribution is 2.36. The van der Waals surface area contributed by atoms with Gasteiger partial charge in [-0.3, -0.25) is 0 Å². The van der Waals surface area contributed by atoms with E-state index < -0.39 is 0 Å². The zero-order valence-electron chi connectivity index (χ0n) is 10.8. The summed E-state index contributed by atoms with van der Waals surface area (Å²) >= 11 is 5.77. The van der Waals surface area contributed by atoms with Crippen molar-refractivity contribution in [1.82, 2.24) is 9.97 Å². The molecule has 0 aliphatic carbocycles. The lowest BCUT2D eigenvalue weighted by Crippen LogP contribution is -2.01. The Labute approximate surface area is 120 Å². The van der Waals surface area contributed by atoms with Gasteiger partial charge >= 0.3 is 0 Å². The summed E-state index contributed by atoms with van der Waals surface area (Å²) in [5.41, 5.74) is 0.762. The fourth-order valence-electron chi connectivity index (χ4n) is 1.64. The molecule has 1 heterocycles. The number of methoxy groups -OCH3 is 2. The quantitative estimate of drug-likeness (QED) is 0.872. The van der Waals surface area contributed by atoms with Crippen LogP contribution in [0.5, 0.6) is 11.5 Å². The molecule has 0 fully saturated rings. The number of aromatic nitrogens is 2. The number of anilines is 2. The van der Waals surface area contributed by atoms with Crippen molar-refractivity contribution in [2.24, 2.45) is 0 Å². The second kappa shape index (κ2) is 6.08. The SMILES string of the molecule is COc1cccc(OC)c1Nc1cc(C#N)nc(Cl)n1. The Hall–Kier alpha value is -2.52. The van der Waals surface area contributed by atoms with Crippen LogP contribution in [0.25, 0.3) is 0 Å². The van der Waals surface area contributed by atoms with Crippen molar-refractivity contribution >= 4 is 23.1 Å². The first-order valence-electron chi connectivity index (χ1n) is 5.60. The molecule has 0 aliphatic heterocycles. The van der Waals surface area contributed by atoms with Crippen molar-refractivity contribution in [3.8, 4) is 17.6 Å². The van der Waals surface area contributed by atoms with Gasteiger partial charge in [0.2, 0.25) is 5.28 Å². The summed E-state index contributed by atoms with van der Waals surface area (Å²) in [6, 6.07) is 8.75. The van der Waals surface area contributed by atoms with Crippen LogP contribution in [0.15, 0.2) is 24.3 Å². The Morgan fingerprint density at radius 1 is 1.20 bits per heavy atom. The van der Waals surface area contributed by atoms with E-state index in [1.54, 1.807) is 32.4 Å². The third-order valence-corrected chi connectivity index (χ3v) is 2.66. The van der Waals surface area contributed by atoms with Crippen molar-refractivity contribution in [2.45, 2.75) is 0 Å². The van der Waals surface area contributed by atoms with Gasteiger partial charge in [-0.25, -0.2) is 9.97 Å². The smallest absolute Gasteiger partial charge is 0.225 e. The van der Waals surface area contributed by atoms with Crippen LogP contribution in [-0.2, 0) is 0 Å². The van der Waals surface area contributed by atoms with Crippen molar-refractivity contribution in [2.75, 3.05) is 19.5 Å². The Morgan fingerprint density at radius 3 is 2.40 bits per heavy atom. The van der Waals surface area contributed by atoms with E-state index in [-0.39, 0.29) is 11.0 Å². The maximum atomic E-state index is 8.88. The van der Waals surface area contributed by atoms with Gasteiger partial charge in [0.25, 0.3) is 0 Å². The molecule has 1 aromatic carbocycles. The largest absolute Gasteiger partial charge is 0.494 e. The van der Waals surface area contributed by atoms with Gasteiger partial charge < -0.3 is 14.8 Å². The minimum atomic E-state index is -0.0135. The van der Waals surface area contributed by atoms with E-state index in [2.05, 4.69) is 15.3 Å². The number of nitrogens with zero attached hydrogens (tertiary/aromatic N) is 3. The zero-order valence-corrected chi connectivity index (χ0v) is 11.6. The normalized spacial score (nSPS) is 9.70. The van der Waals surface area contributed by atoms with E-state index >= 15 is 0 Å². The molecule has 0 spiro atoms. The molecule has 0 radical (unpaired) electrons. The van der Waals surface area contributed by atoms with Crippen LogP contribution in [0.2, 0.25) is 5.28 Å². The van der Waals surface area contributed by atoms with Gasteiger partial charge in [0.05, 0.1) is 14.2 Å². The molecule has 6 nitrogen and oxygen atoms in total. The molecule has 0 unspecified atom stereocenters. The summed E-state index contributed by atoms with van der Waals surface area (Å²) in [7, 11) is 3.10. The van der Waals surface area contributed by atoms with Crippen LogP contribution in [0.4, 0.5) is 11.5 Å². The van der Waals surface area contributed by atoms with Gasteiger partial charge in [-0.15, -0.1) is 0 Å². The topological polar surface area (TPSA) is 80.1 Å². The summed E-state index contributed by atoms with van der Waals surface area (Å²) in [6.45, 7) is 0. The number of nitriles is 1. The Kier molecular flexibility index (Phi) is 4.23. The molecule has 0 amide bonds. The molecule has 102 valence electrons. The van der Waals surface area contributed by atoms with E-state index in [0.29, 0.717) is 23.0 Å². The molecule has 0 saturated heterocycles. The molecule has 0 bridgehead atoms. The van der Waals surface area contributed by atoms with Crippen molar-refractivity contribution < 1.29 is 9.47 Å². The van der Waals surface area contributed by atoms with Crippen molar-refractivity contribution in [3.63, 3.8) is 0 Å². The highest BCUT2D eigenvalue weighted by molar-refractivity contribution is 6.28. The molecule has 1 aromatic heterocycles. The number of para-hydroxylation sites is 1. The van der Waals surface area contributed by atoms with Crippen molar-refractivity contribution in [1.29, 1.82) is 5.26 Å². The first-order chi connectivity index (χ1) is 9.67. The maximum Gasteiger partial charge on any atom is 0.225 e. The minimum Gasteiger partial charge on any atom is -0.494 e. The number of halogens is 1. The lowest BCUT2D eigenvalue weighted by atomic mass is 10.2. The molecule has 2 rings (SSSR count). The molecule has 20 heavy (non-hydrogen) atoms. The number of rotatable bonds is 4. The average molecular weight is 291 g/mol. The first kappa shape index (κ1) is 13.9. The lowest BCUT2D eigenvalue weighted by molar-refractivity contribution is 0.398. The van der Waals surface area contributed by atoms with Crippen LogP contribution >= 0.6 is 11.6 Å². The Morgan fingerprint density at radius 2 is 1.85 bits per heavy atom. The third kappa shape index (κ3) is 2.90. The molecule has 1 N–H and O–H groups in total. The van der Waals surface area contributed by atoms with Crippen LogP contribution in [0, 0.1) is 11.3 Å². The van der Waals surface area contributed by atoms with Crippen LogP contribution in [0.3, 0.4) is 0 Å². The van der Waals surface area contributed by atoms with Gasteiger partial charge in [-0.05, 0) is 23.7 Å². The van der Waals surface area contributed by atoms with Gasteiger partial charge in [-0.1, -0.05) is 6.07 Å². The predicted octanol–water partition coefficient (Wildman–Crippen LogP) is 2.76. The van der Waals surface area contributed by atoms with Gasteiger partial charge in [-0.2, -0.15) is 5.26 Å². The van der Waals surface area contributed by atoms with E-state index in [1.165, 1.54) is 6.07 Å². The van der Waals surface area contributed by atoms with Crippen LogP contribution in [-0.4, -0.2) is 24.2 Å². The third-order valence-electron chi connectivity index (χ3n) is 2.49. The highest BCUT2D eigenvalue weighted by atomic mass is 35.5. The van der Waals surface area contributed by atoms with Crippen molar-refractivity contribution in [3.05, 3.63) is 35.2 Å². The van der Waals surface area contributed by atoms with Gasteiger partial charge in [0.15, 0.2) is 0 Å². The Balaban J connectivity index is 2.44. The van der Waals surface area contributed by atoms with Crippen LogP contribution in [0.1, 0.15) is 5.69 Å². The molecule has 7 heteroatoms. The number of hydrogen-bond acceptors (Lipinski definition) is 6. The monoisotopic (exact) mass is 290 g/mol. The molecule has 0 saturated carbocycles. The molecule has 2 aromatic rings. The van der Waals surface area contributed by atoms with E-state index in [0.717, 1.165) is 0 Å². The minimum absolute atomic E-state index is 0.0135. The molecule has 0 aliphatic rings. The summed E-state index contributed by atoms with van der Waals surface area (Å²) < 4.78 is 10.5. The zero-order chi connectivity index (χ0) is 14.5. The van der Waals surface area contributed by atoms with Gasteiger partial charge in [0.1, 0.15) is 34.8 Å². The second-order valence-corrected chi connectivity index (χ2v) is 4.02. The summed E-state index contributed by atoms with van der Waals surface area (Å²) in [4.78, 5) is 7.78. The summed E-state index contributed by atoms with van der Waals surface area (Å²) in [6.07, 6.45) is 0. The first-order valence-corrected chi connectivity index (χ1v) is 5.98. The summed E-state index contributed by atoms with van der Waals surface area (Å²) in [5, 5.41) is 11.9. The molecular formula is C13H11ClN4O2. The fourth-order valence-corrected chi connectivity index (χ4v) is 1.82. The standard InChI is InChI=1S/C13H11ClN4O2/c1-19-9-4-3-5-10(20-2)12(9)17-11-6-8(7-15)16-13(14)18-11/h3-6H,1-2H3,(H,16,17,18). The van der Waals surface area contributed by atoms with Gasteiger partial charge in [0, 0.05) is 6.07 Å². The van der Waals surface area contributed by atoms with E-state index in [1.807, 2.05) is 6.07 Å². The summed E-state index contributed by atoms with van der Waals surface area (Å²) in [5.74, 6) is 1.54. The van der Waals surface area contributed by atoms with Crippen LogP contribution < -0.4 is 14.8 Å². The highest BCUT2D eigenvalue weighted by Gasteiger charge is 2.11. The lowest BCUT2D eigenvalue weighted by Gasteiger charge is -2.14. The predicted molar refractivity (Wildman–Crippen MR) is 74.6 cm³/mol. The number of hydrogen-bond donors (Lipinski definition) is 1. The molecule has 0 atom stereocenters. The second-order valence-electron chi connectivity index (χ2n) is 3.68. The molecular weight excluding hydrogens is 280 g/mol. The number of benzene rings is 1. The maximum absolute atomic E-state index is 8.88. The Bertz CT molecular complexity index is 648. The number of nitrogens with one attached hydrogen (secondary N) is 1. The van der Waals surface area contributed by atoms with E-state index in [4.69, 9.17) is 26.3 Å². The number of ether oxygens (including phenoxy) is 2. The average Bonchev–Trinajstić information content (AvgIpc) is 2.46.